The molecule has 3 rings (SSSR count). The molecule has 1 nitrogen and oxygen atoms in total. The van der Waals surface area contributed by atoms with E-state index in [0.29, 0.717) is 12.3 Å². The molecular weight excluding hydrogens is 307 g/mol. The Hall–Kier alpha value is -0.410. The third-order valence-corrected chi connectivity index (χ3v) is 5.45. The first kappa shape index (κ1) is 13.6. The van der Waals surface area contributed by atoms with Gasteiger partial charge in [0, 0.05) is 10.9 Å². The van der Waals surface area contributed by atoms with Crippen LogP contribution in [0.25, 0.3) is 0 Å². The maximum atomic E-state index is 13.3. The van der Waals surface area contributed by atoms with Crippen molar-refractivity contribution in [2.75, 3.05) is 0 Å². The molecule has 0 saturated heterocycles. The van der Waals surface area contributed by atoms with Crippen molar-refractivity contribution in [1.82, 2.24) is 0 Å². The van der Waals surface area contributed by atoms with Crippen LogP contribution in [0.1, 0.15) is 44.1 Å². The van der Waals surface area contributed by atoms with Crippen LogP contribution in [0.2, 0.25) is 0 Å². The lowest BCUT2D eigenvalue weighted by atomic mass is 9.73. The molecule has 0 amide bonds. The van der Waals surface area contributed by atoms with Gasteiger partial charge < -0.3 is 5.11 Å². The van der Waals surface area contributed by atoms with Crippen LogP contribution in [-0.4, -0.2) is 10.7 Å². The highest BCUT2D eigenvalue weighted by Gasteiger charge is 2.41. The van der Waals surface area contributed by atoms with E-state index in [0.717, 1.165) is 35.2 Å². The van der Waals surface area contributed by atoms with E-state index in [1.54, 1.807) is 12.1 Å². The largest absolute Gasteiger partial charge is 0.390 e. The van der Waals surface area contributed by atoms with Crippen LogP contribution < -0.4 is 0 Å². The second kappa shape index (κ2) is 5.17. The Labute approximate surface area is 122 Å². The second-order valence-corrected chi connectivity index (χ2v) is 7.19. The lowest BCUT2D eigenvalue weighted by Gasteiger charge is -2.37. The molecule has 2 aliphatic rings. The normalized spacial score (nSPS) is 31.4. The van der Waals surface area contributed by atoms with Gasteiger partial charge in [-0.3, -0.25) is 0 Å². The topological polar surface area (TPSA) is 20.2 Å². The Morgan fingerprint density at radius 2 is 2.05 bits per heavy atom. The van der Waals surface area contributed by atoms with Crippen molar-refractivity contribution in [3.05, 3.63) is 34.1 Å². The van der Waals surface area contributed by atoms with Crippen molar-refractivity contribution in [2.24, 2.45) is 11.8 Å². The number of hydrogen-bond donors (Lipinski definition) is 1. The minimum atomic E-state index is -0.637. The van der Waals surface area contributed by atoms with Crippen LogP contribution in [0.3, 0.4) is 0 Å². The van der Waals surface area contributed by atoms with Crippen molar-refractivity contribution >= 4 is 15.9 Å². The summed E-state index contributed by atoms with van der Waals surface area (Å²) in [5, 5.41) is 10.8. The van der Waals surface area contributed by atoms with Gasteiger partial charge in [-0.15, -0.1) is 0 Å². The Bertz CT molecular complexity index is 472. The molecule has 2 saturated carbocycles. The molecule has 3 heteroatoms. The van der Waals surface area contributed by atoms with E-state index < -0.39 is 5.60 Å². The number of aliphatic hydroxyl groups is 1. The maximum Gasteiger partial charge on any atom is 0.123 e. The van der Waals surface area contributed by atoms with Gasteiger partial charge in [0.1, 0.15) is 5.82 Å². The van der Waals surface area contributed by atoms with Crippen molar-refractivity contribution in [2.45, 2.75) is 50.5 Å². The fourth-order valence-corrected chi connectivity index (χ4v) is 3.94. The van der Waals surface area contributed by atoms with Gasteiger partial charge in [-0.1, -0.05) is 22.4 Å². The van der Waals surface area contributed by atoms with Crippen molar-refractivity contribution in [1.29, 1.82) is 0 Å². The van der Waals surface area contributed by atoms with E-state index >= 15 is 0 Å². The van der Waals surface area contributed by atoms with Crippen molar-refractivity contribution < 1.29 is 9.50 Å². The van der Waals surface area contributed by atoms with E-state index in [9.17, 15) is 9.50 Å². The predicted molar refractivity (Wildman–Crippen MR) is 77.4 cm³/mol. The van der Waals surface area contributed by atoms with Gasteiger partial charge in [0.2, 0.25) is 0 Å². The molecule has 2 aliphatic carbocycles. The number of halogens is 2. The summed E-state index contributed by atoms with van der Waals surface area (Å²) in [6.07, 6.45) is 7.34. The van der Waals surface area contributed by atoms with Crippen LogP contribution >= 0.6 is 15.9 Å². The molecule has 1 aromatic carbocycles. The van der Waals surface area contributed by atoms with Gasteiger partial charge in [0.25, 0.3) is 0 Å². The monoisotopic (exact) mass is 326 g/mol. The summed E-state index contributed by atoms with van der Waals surface area (Å²) < 4.78 is 14.2. The minimum absolute atomic E-state index is 0.226. The highest BCUT2D eigenvalue weighted by Crippen LogP contribution is 2.47. The zero-order chi connectivity index (χ0) is 13.5. The highest BCUT2D eigenvalue weighted by molar-refractivity contribution is 9.10. The SMILES string of the molecule is OC1(Cc2cc(F)ccc2Br)CCCC(C2CC2)C1. The number of hydrogen-bond acceptors (Lipinski definition) is 1. The number of benzene rings is 1. The average Bonchev–Trinajstić information content (AvgIpc) is 3.18. The van der Waals surface area contributed by atoms with Crippen LogP contribution in [-0.2, 0) is 6.42 Å². The molecule has 0 radical (unpaired) electrons. The molecule has 1 aromatic rings. The van der Waals surface area contributed by atoms with E-state index in [4.69, 9.17) is 0 Å². The third kappa shape index (κ3) is 3.19. The summed E-state index contributed by atoms with van der Waals surface area (Å²) >= 11 is 3.46. The van der Waals surface area contributed by atoms with Gasteiger partial charge in [0.15, 0.2) is 0 Å². The standard InChI is InChI=1S/C16H20BrFO/c17-15-6-5-14(18)8-13(15)10-16(19)7-1-2-12(9-16)11-3-4-11/h5-6,8,11-12,19H,1-4,7,9-10H2. The van der Waals surface area contributed by atoms with E-state index in [-0.39, 0.29) is 5.82 Å². The van der Waals surface area contributed by atoms with Crippen LogP contribution in [0.15, 0.2) is 22.7 Å². The first-order valence-electron chi connectivity index (χ1n) is 7.22. The summed E-state index contributed by atoms with van der Waals surface area (Å²) in [5.74, 6) is 1.31. The van der Waals surface area contributed by atoms with Gasteiger partial charge in [0.05, 0.1) is 5.60 Å². The lowest BCUT2D eigenvalue weighted by molar-refractivity contribution is -0.0197. The first-order chi connectivity index (χ1) is 9.06. The molecule has 1 N–H and O–H groups in total. The zero-order valence-electron chi connectivity index (χ0n) is 11.0. The molecule has 104 valence electrons. The lowest BCUT2D eigenvalue weighted by Crippen LogP contribution is -2.38. The predicted octanol–water partition coefficient (Wildman–Crippen LogP) is 4.46. The van der Waals surface area contributed by atoms with Gasteiger partial charge >= 0.3 is 0 Å². The molecule has 2 atom stereocenters. The van der Waals surface area contributed by atoms with Crippen molar-refractivity contribution in [3.63, 3.8) is 0 Å². The molecule has 0 aliphatic heterocycles. The van der Waals surface area contributed by atoms with Crippen LogP contribution in [0.5, 0.6) is 0 Å². The molecule has 0 heterocycles. The minimum Gasteiger partial charge on any atom is -0.390 e. The van der Waals surface area contributed by atoms with Gasteiger partial charge in [-0.05, 0) is 67.7 Å². The first-order valence-corrected chi connectivity index (χ1v) is 8.01. The Balaban J connectivity index is 1.74. The fraction of sp³-hybridized carbons (Fsp3) is 0.625. The van der Waals surface area contributed by atoms with Crippen LogP contribution in [0, 0.1) is 17.7 Å². The molecule has 0 bridgehead atoms. The van der Waals surface area contributed by atoms with Crippen molar-refractivity contribution in [3.8, 4) is 0 Å². The molecule has 0 spiro atoms. The quantitative estimate of drug-likeness (QED) is 0.869. The summed E-state index contributed by atoms with van der Waals surface area (Å²) in [7, 11) is 0. The highest BCUT2D eigenvalue weighted by atomic mass is 79.9. The number of rotatable bonds is 3. The van der Waals surface area contributed by atoms with Gasteiger partial charge in [-0.2, -0.15) is 0 Å². The Kier molecular flexibility index (Phi) is 3.69. The van der Waals surface area contributed by atoms with E-state index in [1.165, 1.54) is 25.3 Å². The summed E-state index contributed by atoms with van der Waals surface area (Å²) in [6.45, 7) is 0. The van der Waals surface area contributed by atoms with E-state index in [2.05, 4.69) is 15.9 Å². The zero-order valence-corrected chi connectivity index (χ0v) is 12.6. The second-order valence-electron chi connectivity index (χ2n) is 6.33. The summed E-state index contributed by atoms with van der Waals surface area (Å²) in [5.41, 5.74) is 0.251. The Morgan fingerprint density at radius 3 is 2.79 bits per heavy atom. The maximum absolute atomic E-state index is 13.3. The molecule has 0 aromatic heterocycles. The smallest absolute Gasteiger partial charge is 0.123 e. The third-order valence-electron chi connectivity index (χ3n) is 4.68. The molecule has 2 fully saturated rings. The molecule has 19 heavy (non-hydrogen) atoms. The van der Waals surface area contributed by atoms with E-state index in [1.807, 2.05) is 0 Å². The summed E-state index contributed by atoms with van der Waals surface area (Å²) in [6, 6.07) is 4.73. The van der Waals surface area contributed by atoms with Gasteiger partial charge in [-0.25, -0.2) is 4.39 Å². The summed E-state index contributed by atoms with van der Waals surface area (Å²) in [4.78, 5) is 0. The Morgan fingerprint density at radius 1 is 1.26 bits per heavy atom. The van der Waals surface area contributed by atoms with Crippen LogP contribution in [0.4, 0.5) is 4.39 Å². The fourth-order valence-electron chi connectivity index (χ4n) is 3.55. The average molecular weight is 327 g/mol. The molecular formula is C16H20BrFO. The molecule has 2 unspecified atom stereocenters.